The molecule has 0 bridgehead atoms. The summed E-state index contributed by atoms with van der Waals surface area (Å²) in [7, 11) is 1.70. The molecule has 1 atom stereocenters. The van der Waals surface area contributed by atoms with Crippen molar-refractivity contribution >= 4 is 27.3 Å². The topological polar surface area (TPSA) is 22.1 Å². The van der Waals surface area contributed by atoms with Gasteiger partial charge in [0.2, 0.25) is 0 Å². The van der Waals surface area contributed by atoms with Crippen LogP contribution in [0.1, 0.15) is 15.4 Å². The standard InChI is InChI=1S/C15H18BrNOS/c1-11-17-10-15(19-11)8-13(9-16)7-12-3-5-14(18-2)6-4-12/h3-6,10,13H,7-9H2,1-2H3. The monoisotopic (exact) mass is 339 g/mol. The first-order chi connectivity index (χ1) is 9.21. The molecule has 0 aliphatic carbocycles. The molecule has 0 fully saturated rings. The van der Waals surface area contributed by atoms with Gasteiger partial charge in [-0.25, -0.2) is 4.98 Å². The van der Waals surface area contributed by atoms with Gasteiger partial charge in [-0.3, -0.25) is 0 Å². The molecule has 0 radical (unpaired) electrons. The van der Waals surface area contributed by atoms with Crippen LogP contribution in [-0.4, -0.2) is 17.4 Å². The number of rotatable bonds is 6. The number of halogens is 1. The van der Waals surface area contributed by atoms with Gasteiger partial charge in [0.05, 0.1) is 12.1 Å². The smallest absolute Gasteiger partial charge is 0.118 e. The highest BCUT2D eigenvalue weighted by atomic mass is 79.9. The van der Waals surface area contributed by atoms with E-state index in [1.165, 1.54) is 10.4 Å². The van der Waals surface area contributed by atoms with Crippen LogP contribution in [-0.2, 0) is 12.8 Å². The first-order valence-corrected chi connectivity index (χ1v) is 8.25. The van der Waals surface area contributed by atoms with Crippen LogP contribution in [0.2, 0.25) is 0 Å². The van der Waals surface area contributed by atoms with Crippen molar-refractivity contribution in [1.82, 2.24) is 4.98 Å². The number of thiazole rings is 1. The molecule has 2 aromatic rings. The largest absolute Gasteiger partial charge is 0.497 e. The number of benzene rings is 1. The van der Waals surface area contributed by atoms with Crippen LogP contribution in [0.25, 0.3) is 0 Å². The van der Waals surface area contributed by atoms with E-state index < -0.39 is 0 Å². The summed E-state index contributed by atoms with van der Waals surface area (Å²) in [5.74, 6) is 1.52. The fourth-order valence-electron chi connectivity index (χ4n) is 2.06. The van der Waals surface area contributed by atoms with Crippen LogP contribution in [0, 0.1) is 12.8 Å². The summed E-state index contributed by atoms with van der Waals surface area (Å²) in [6.45, 7) is 2.06. The zero-order chi connectivity index (χ0) is 13.7. The molecule has 4 heteroatoms. The highest BCUT2D eigenvalue weighted by molar-refractivity contribution is 9.09. The van der Waals surface area contributed by atoms with E-state index in [2.05, 4.69) is 40.0 Å². The van der Waals surface area contributed by atoms with Gasteiger partial charge in [-0.2, -0.15) is 0 Å². The first kappa shape index (κ1) is 14.5. The third-order valence-corrected chi connectivity index (χ3v) is 4.91. The van der Waals surface area contributed by atoms with Crippen LogP contribution in [0.4, 0.5) is 0 Å². The van der Waals surface area contributed by atoms with E-state index in [9.17, 15) is 0 Å². The molecular formula is C15H18BrNOS. The number of methoxy groups -OCH3 is 1. The molecule has 1 heterocycles. The minimum absolute atomic E-state index is 0.605. The zero-order valence-corrected chi connectivity index (χ0v) is 13.6. The predicted molar refractivity (Wildman–Crippen MR) is 84.5 cm³/mol. The van der Waals surface area contributed by atoms with Crippen molar-refractivity contribution < 1.29 is 4.74 Å². The Balaban J connectivity index is 1.97. The van der Waals surface area contributed by atoms with Crippen molar-refractivity contribution in [1.29, 1.82) is 0 Å². The van der Waals surface area contributed by atoms with Gasteiger partial charge < -0.3 is 4.74 Å². The summed E-state index contributed by atoms with van der Waals surface area (Å²) in [5, 5.41) is 2.16. The lowest BCUT2D eigenvalue weighted by atomic mass is 9.97. The second kappa shape index (κ2) is 7.06. The summed E-state index contributed by atoms with van der Waals surface area (Å²) < 4.78 is 5.18. The van der Waals surface area contributed by atoms with Crippen LogP contribution in [0.3, 0.4) is 0 Å². The fraction of sp³-hybridized carbons (Fsp3) is 0.400. The van der Waals surface area contributed by atoms with E-state index in [0.717, 1.165) is 28.9 Å². The number of aromatic nitrogens is 1. The van der Waals surface area contributed by atoms with E-state index in [4.69, 9.17) is 4.74 Å². The molecule has 0 saturated heterocycles. The predicted octanol–water partition coefficient (Wildman–Crippen LogP) is 4.26. The van der Waals surface area contributed by atoms with Crippen LogP contribution in [0.15, 0.2) is 30.5 Å². The number of nitrogens with zero attached hydrogens (tertiary/aromatic N) is 1. The van der Waals surface area contributed by atoms with Gasteiger partial charge in [-0.05, 0) is 43.4 Å². The van der Waals surface area contributed by atoms with Crippen molar-refractivity contribution in [3.63, 3.8) is 0 Å². The number of hydrogen-bond donors (Lipinski definition) is 0. The molecule has 19 heavy (non-hydrogen) atoms. The normalized spacial score (nSPS) is 12.4. The maximum absolute atomic E-state index is 5.18. The molecule has 1 aromatic carbocycles. The molecule has 2 rings (SSSR count). The second-order valence-electron chi connectivity index (χ2n) is 4.62. The Kier molecular flexibility index (Phi) is 5.40. The van der Waals surface area contributed by atoms with E-state index >= 15 is 0 Å². The van der Waals surface area contributed by atoms with Crippen LogP contribution < -0.4 is 4.74 Å². The van der Waals surface area contributed by atoms with Gasteiger partial charge in [0, 0.05) is 16.4 Å². The van der Waals surface area contributed by atoms with Crippen LogP contribution >= 0.6 is 27.3 Å². The minimum atomic E-state index is 0.605. The van der Waals surface area contributed by atoms with Gasteiger partial charge >= 0.3 is 0 Å². The Labute approximate surface area is 127 Å². The van der Waals surface area contributed by atoms with E-state index in [1.807, 2.05) is 18.3 Å². The Morgan fingerprint density at radius 2 is 2.00 bits per heavy atom. The second-order valence-corrected chi connectivity index (χ2v) is 6.59. The zero-order valence-electron chi connectivity index (χ0n) is 11.2. The molecule has 2 nitrogen and oxygen atoms in total. The Hall–Kier alpha value is -0.870. The van der Waals surface area contributed by atoms with Crippen LogP contribution in [0.5, 0.6) is 5.75 Å². The Morgan fingerprint density at radius 1 is 1.26 bits per heavy atom. The van der Waals surface area contributed by atoms with Crippen molar-refractivity contribution in [2.24, 2.45) is 5.92 Å². The summed E-state index contributed by atoms with van der Waals surface area (Å²) in [5.41, 5.74) is 1.35. The quantitative estimate of drug-likeness (QED) is 0.733. The lowest BCUT2D eigenvalue weighted by Crippen LogP contribution is -2.09. The van der Waals surface area contributed by atoms with Gasteiger partial charge in [-0.1, -0.05) is 28.1 Å². The van der Waals surface area contributed by atoms with Crippen molar-refractivity contribution in [3.8, 4) is 5.75 Å². The molecule has 0 aliphatic rings. The SMILES string of the molecule is COc1ccc(CC(CBr)Cc2cnc(C)s2)cc1. The molecule has 1 aromatic heterocycles. The Morgan fingerprint density at radius 3 is 2.53 bits per heavy atom. The van der Waals surface area contributed by atoms with E-state index in [-0.39, 0.29) is 0 Å². The number of alkyl halides is 1. The minimum Gasteiger partial charge on any atom is -0.497 e. The number of hydrogen-bond acceptors (Lipinski definition) is 3. The maximum atomic E-state index is 5.18. The Bertz CT molecular complexity index is 509. The fourth-order valence-corrected chi connectivity index (χ4v) is 3.43. The molecule has 0 aliphatic heterocycles. The average Bonchev–Trinajstić information content (AvgIpc) is 2.84. The third-order valence-electron chi connectivity index (χ3n) is 3.06. The molecule has 0 spiro atoms. The third kappa shape index (κ3) is 4.32. The number of aryl methyl sites for hydroxylation is 1. The molecular weight excluding hydrogens is 322 g/mol. The molecule has 0 amide bonds. The number of ether oxygens (including phenoxy) is 1. The first-order valence-electron chi connectivity index (χ1n) is 6.31. The van der Waals surface area contributed by atoms with Gasteiger partial charge in [0.1, 0.15) is 5.75 Å². The van der Waals surface area contributed by atoms with Gasteiger partial charge in [0.15, 0.2) is 0 Å². The summed E-state index contributed by atoms with van der Waals surface area (Å²) in [6, 6.07) is 8.34. The summed E-state index contributed by atoms with van der Waals surface area (Å²) in [4.78, 5) is 5.69. The molecule has 102 valence electrons. The van der Waals surface area contributed by atoms with Crippen molar-refractivity contribution in [3.05, 3.63) is 45.9 Å². The molecule has 0 saturated carbocycles. The summed E-state index contributed by atoms with van der Waals surface area (Å²) in [6.07, 6.45) is 4.17. The molecule has 1 unspecified atom stereocenters. The van der Waals surface area contributed by atoms with Gasteiger partial charge in [-0.15, -0.1) is 11.3 Å². The maximum Gasteiger partial charge on any atom is 0.118 e. The van der Waals surface area contributed by atoms with Crippen molar-refractivity contribution in [2.75, 3.05) is 12.4 Å². The lowest BCUT2D eigenvalue weighted by Gasteiger charge is -2.13. The lowest BCUT2D eigenvalue weighted by molar-refractivity contribution is 0.414. The van der Waals surface area contributed by atoms with Gasteiger partial charge in [0.25, 0.3) is 0 Å². The van der Waals surface area contributed by atoms with E-state index in [0.29, 0.717) is 5.92 Å². The summed E-state index contributed by atoms with van der Waals surface area (Å²) >= 11 is 5.42. The average molecular weight is 340 g/mol. The molecule has 0 N–H and O–H groups in total. The van der Waals surface area contributed by atoms with E-state index in [1.54, 1.807) is 18.4 Å². The highest BCUT2D eigenvalue weighted by Gasteiger charge is 2.11. The van der Waals surface area contributed by atoms with Crippen molar-refractivity contribution in [2.45, 2.75) is 19.8 Å². The highest BCUT2D eigenvalue weighted by Crippen LogP contribution is 2.22.